The van der Waals surface area contributed by atoms with Crippen molar-refractivity contribution in [3.63, 3.8) is 0 Å². The summed E-state index contributed by atoms with van der Waals surface area (Å²) in [5, 5.41) is 9.56. The van der Waals surface area contributed by atoms with E-state index in [1.807, 2.05) is 16.8 Å². The third-order valence-electron chi connectivity index (χ3n) is 4.32. The standard InChI is InChI=1S/C14H23N5OS/c1-3-21-13-16-15-12(17(13)2)11-7-6-10-19(11)14(20)18-8-4-5-9-18/h11H,3-10H2,1-2H3. The molecular weight excluding hydrogens is 286 g/mol. The normalized spacial score (nSPS) is 22.3. The molecule has 0 aromatic carbocycles. The molecule has 3 rings (SSSR count). The molecular formula is C14H23N5OS. The number of carbonyl (C=O) groups is 1. The second kappa shape index (κ2) is 6.25. The molecule has 0 N–H and O–H groups in total. The summed E-state index contributed by atoms with van der Waals surface area (Å²) < 4.78 is 2.05. The van der Waals surface area contributed by atoms with Gasteiger partial charge in [-0.25, -0.2) is 4.79 Å². The molecule has 0 aliphatic carbocycles. The monoisotopic (exact) mass is 309 g/mol. The van der Waals surface area contributed by atoms with Crippen LogP contribution in [-0.4, -0.2) is 56.0 Å². The molecule has 0 spiro atoms. The summed E-state index contributed by atoms with van der Waals surface area (Å²) in [4.78, 5) is 16.6. The summed E-state index contributed by atoms with van der Waals surface area (Å²) in [6, 6.07) is 0.268. The first kappa shape index (κ1) is 14.7. The molecule has 21 heavy (non-hydrogen) atoms. The molecule has 0 radical (unpaired) electrons. The van der Waals surface area contributed by atoms with Crippen LogP contribution in [0, 0.1) is 0 Å². The molecule has 2 fully saturated rings. The maximum atomic E-state index is 12.7. The molecule has 2 aliphatic heterocycles. The maximum Gasteiger partial charge on any atom is 0.320 e. The van der Waals surface area contributed by atoms with Crippen LogP contribution in [0.5, 0.6) is 0 Å². The Morgan fingerprint density at radius 2 is 2.00 bits per heavy atom. The van der Waals surface area contributed by atoms with E-state index in [-0.39, 0.29) is 12.1 Å². The lowest BCUT2D eigenvalue weighted by molar-refractivity contribution is 0.155. The zero-order chi connectivity index (χ0) is 14.8. The number of rotatable bonds is 3. The van der Waals surface area contributed by atoms with Gasteiger partial charge in [-0.05, 0) is 31.4 Å². The minimum Gasteiger partial charge on any atom is -0.325 e. The van der Waals surface area contributed by atoms with Gasteiger partial charge in [0.05, 0.1) is 6.04 Å². The summed E-state index contributed by atoms with van der Waals surface area (Å²) in [5.41, 5.74) is 0. The molecule has 1 aromatic rings. The smallest absolute Gasteiger partial charge is 0.320 e. The van der Waals surface area contributed by atoms with Crippen LogP contribution in [0.1, 0.15) is 44.5 Å². The Labute approximate surface area is 129 Å². The predicted octanol–water partition coefficient (Wildman–Crippen LogP) is 2.28. The number of hydrogen-bond acceptors (Lipinski definition) is 4. The molecule has 2 aliphatic rings. The molecule has 1 unspecified atom stereocenters. The van der Waals surface area contributed by atoms with E-state index < -0.39 is 0 Å². The van der Waals surface area contributed by atoms with Crippen molar-refractivity contribution in [2.75, 3.05) is 25.4 Å². The molecule has 2 saturated heterocycles. The Hall–Kier alpha value is -1.24. The van der Waals surface area contributed by atoms with Crippen molar-refractivity contribution in [2.24, 2.45) is 7.05 Å². The number of hydrogen-bond donors (Lipinski definition) is 0. The van der Waals surface area contributed by atoms with Gasteiger partial charge in [0.15, 0.2) is 11.0 Å². The van der Waals surface area contributed by atoms with Crippen molar-refractivity contribution >= 4 is 17.8 Å². The number of nitrogens with zero attached hydrogens (tertiary/aromatic N) is 5. The van der Waals surface area contributed by atoms with Gasteiger partial charge >= 0.3 is 6.03 Å². The van der Waals surface area contributed by atoms with Gasteiger partial charge in [0.2, 0.25) is 0 Å². The van der Waals surface area contributed by atoms with Gasteiger partial charge in [-0.15, -0.1) is 10.2 Å². The van der Waals surface area contributed by atoms with E-state index in [9.17, 15) is 4.79 Å². The van der Waals surface area contributed by atoms with Crippen LogP contribution in [0.2, 0.25) is 0 Å². The SMILES string of the molecule is CCSc1nnc(C2CCCN2C(=O)N2CCCC2)n1C. The maximum absolute atomic E-state index is 12.7. The number of thioether (sulfide) groups is 1. The largest absolute Gasteiger partial charge is 0.325 e. The second-order valence-corrected chi connectivity index (χ2v) is 6.89. The lowest BCUT2D eigenvalue weighted by atomic mass is 10.2. The van der Waals surface area contributed by atoms with E-state index in [0.717, 1.165) is 62.1 Å². The van der Waals surface area contributed by atoms with E-state index in [2.05, 4.69) is 21.7 Å². The van der Waals surface area contributed by atoms with Crippen LogP contribution >= 0.6 is 11.8 Å². The summed E-state index contributed by atoms with van der Waals surface area (Å²) in [7, 11) is 2.00. The molecule has 7 heteroatoms. The first-order valence-electron chi connectivity index (χ1n) is 7.80. The fourth-order valence-corrected chi connectivity index (χ4v) is 3.87. The highest BCUT2D eigenvalue weighted by Gasteiger charge is 2.36. The van der Waals surface area contributed by atoms with Crippen LogP contribution < -0.4 is 0 Å². The Kier molecular flexibility index (Phi) is 4.37. The van der Waals surface area contributed by atoms with Crippen LogP contribution in [-0.2, 0) is 7.05 Å². The Morgan fingerprint density at radius 3 is 2.71 bits per heavy atom. The van der Waals surface area contributed by atoms with E-state index in [4.69, 9.17) is 0 Å². The minimum atomic E-state index is 0.0850. The zero-order valence-corrected chi connectivity index (χ0v) is 13.6. The average Bonchev–Trinajstić information content (AvgIpc) is 3.20. The molecule has 1 aromatic heterocycles. The van der Waals surface area contributed by atoms with Crippen LogP contribution in [0.3, 0.4) is 0 Å². The Balaban J connectivity index is 1.78. The van der Waals surface area contributed by atoms with Gasteiger partial charge in [-0.1, -0.05) is 18.7 Å². The van der Waals surface area contributed by atoms with Crippen molar-refractivity contribution in [1.82, 2.24) is 24.6 Å². The fraction of sp³-hybridized carbons (Fsp3) is 0.786. The highest BCUT2D eigenvalue weighted by molar-refractivity contribution is 7.99. The molecule has 2 amide bonds. The van der Waals surface area contributed by atoms with Gasteiger partial charge in [0, 0.05) is 26.7 Å². The molecule has 0 bridgehead atoms. The van der Waals surface area contributed by atoms with Crippen molar-refractivity contribution in [1.29, 1.82) is 0 Å². The van der Waals surface area contributed by atoms with Gasteiger partial charge in [-0.2, -0.15) is 0 Å². The summed E-state index contributed by atoms with van der Waals surface area (Å²) in [6.07, 6.45) is 4.30. The van der Waals surface area contributed by atoms with Crippen molar-refractivity contribution in [3.05, 3.63) is 5.82 Å². The van der Waals surface area contributed by atoms with Gasteiger partial charge in [-0.3, -0.25) is 0 Å². The number of amides is 2. The molecule has 116 valence electrons. The lowest BCUT2D eigenvalue weighted by Crippen LogP contribution is -2.41. The topological polar surface area (TPSA) is 54.3 Å². The number of aromatic nitrogens is 3. The minimum absolute atomic E-state index is 0.0850. The molecule has 6 nitrogen and oxygen atoms in total. The van der Waals surface area contributed by atoms with Crippen molar-refractivity contribution in [3.8, 4) is 0 Å². The number of carbonyl (C=O) groups excluding carboxylic acids is 1. The Bertz CT molecular complexity index is 511. The molecule has 3 heterocycles. The van der Waals surface area contributed by atoms with Gasteiger partial charge in [0.25, 0.3) is 0 Å². The van der Waals surface area contributed by atoms with Gasteiger partial charge in [0.1, 0.15) is 0 Å². The fourth-order valence-electron chi connectivity index (χ4n) is 3.23. The molecule has 1 atom stereocenters. The first-order valence-corrected chi connectivity index (χ1v) is 8.78. The first-order chi connectivity index (χ1) is 10.2. The lowest BCUT2D eigenvalue weighted by Gasteiger charge is -2.28. The molecule has 0 saturated carbocycles. The summed E-state index contributed by atoms with van der Waals surface area (Å²) in [6.45, 7) is 4.75. The third kappa shape index (κ3) is 2.75. The van der Waals surface area contributed by atoms with E-state index in [1.54, 1.807) is 11.8 Å². The number of likely N-dealkylation sites (tertiary alicyclic amines) is 2. The average molecular weight is 309 g/mol. The van der Waals surface area contributed by atoms with E-state index in [0.29, 0.717) is 0 Å². The van der Waals surface area contributed by atoms with Crippen molar-refractivity contribution in [2.45, 2.75) is 43.8 Å². The van der Waals surface area contributed by atoms with E-state index >= 15 is 0 Å². The van der Waals surface area contributed by atoms with Crippen molar-refractivity contribution < 1.29 is 4.79 Å². The summed E-state index contributed by atoms with van der Waals surface area (Å²) in [5.74, 6) is 1.91. The zero-order valence-electron chi connectivity index (χ0n) is 12.8. The van der Waals surface area contributed by atoms with Crippen LogP contribution in [0.25, 0.3) is 0 Å². The third-order valence-corrected chi connectivity index (χ3v) is 5.22. The highest BCUT2D eigenvalue weighted by Crippen LogP contribution is 2.33. The Morgan fingerprint density at radius 1 is 1.24 bits per heavy atom. The highest BCUT2D eigenvalue weighted by atomic mass is 32.2. The summed E-state index contributed by atoms with van der Waals surface area (Å²) >= 11 is 1.69. The second-order valence-electron chi connectivity index (χ2n) is 5.66. The predicted molar refractivity (Wildman–Crippen MR) is 82.3 cm³/mol. The number of urea groups is 1. The van der Waals surface area contributed by atoms with Crippen LogP contribution in [0.4, 0.5) is 4.79 Å². The van der Waals surface area contributed by atoms with Gasteiger partial charge < -0.3 is 14.4 Å². The van der Waals surface area contributed by atoms with Crippen LogP contribution in [0.15, 0.2) is 5.16 Å². The van der Waals surface area contributed by atoms with E-state index in [1.165, 1.54) is 0 Å². The quantitative estimate of drug-likeness (QED) is 0.804.